The summed E-state index contributed by atoms with van der Waals surface area (Å²) in [6.07, 6.45) is 0. The molecule has 234 valence electrons. The zero-order valence-corrected chi connectivity index (χ0v) is 27.6. The lowest BCUT2D eigenvalue weighted by Gasteiger charge is -2.49. The second-order valence-electron chi connectivity index (χ2n) is 12.5. The van der Waals surface area contributed by atoms with Gasteiger partial charge < -0.3 is 9.64 Å². The van der Waals surface area contributed by atoms with Gasteiger partial charge in [-0.15, -0.1) is 0 Å². The van der Waals surface area contributed by atoms with Crippen LogP contribution in [0, 0.1) is 0 Å². The van der Waals surface area contributed by atoms with Gasteiger partial charge in [0, 0.05) is 27.6 Å². The van der Waals surface area contributed by atoms with Gasteiger partial charge in [-0.25, -0.2) is 0 Å². The smallest absolute Gasteiger partial charge is 0.140 e. The van der Waals surface area contributed by atoms with E-state index in [4.69, 9.17) is 4.74 Å². The molecule has 49 heavy (non-hydrogen) atoms. The predicted octanol–water partition coefficient (Wildman–Crippen LogP) is 13.0. The van der Waals surface area contributed by atoms with E-state index in [1.54, 1.807) is 0 Å². The third-order valence-electron chi connectivity index (χ3n) is 10.1. The maximum absolute atomic E-state index is 7.11. The number of ether oxygens (including phenoxy) is 1. The van der Waals surface area contributed by atoms with Crippen LogP contribution in [0.5, 0.6) is 11.5 Å². The number of fused-ring (bicyclic) bond motifs is 12. The Morgan fingerprint density at radius 2 is 0.837 bits per heavy atom. The van der Waals surface area contributed by atoms with Crippen LogP contribution >= 0.6 is 0 Å². The molecule has 0 amide bonds. The van der Waals surface area contributed by atoms with E-state index in [0.717, 1.165) is 39.1 Å². The van der Waals surface area contributed by atoms with Crippen LogP contribution in [0.25, 0.3) is 32.7 Å². The first-order valence-electron chi connectivity index (χ1n) is 17.2. The largest absolute Gasteiger partial charge is 0.455 e. The van der Waals surface area contributed by atoms with Gasteiger partial charge in [-0.3, -0.25) is 0 Å². The van der Waals surface area contributed by atoms with Crippen molar-refractivity contribution < 1.29 is 4.74 Å². The van der Waals surface area contributed by atoms with E-state index in [-0.39, 0.29) is 0 Å². The van der Waals surface area contributed by atoms with Crippen LogP contribution in [0.4, 0.5) is 17.1 Å². The molecule has 8 aromatic carbocycles. The minimum atomic E-state index is -0.607. The van der Waals surface area contributed by atoms with Gasteiger partial charge in [-0.1, -0.05) is 166 Å². The molecule has 0 atom stereocenters. The molecule has 0 aromatic heterocycles. The molecular weight excluding hydrogens is 595 g/mol. The van der Waals surface area contributed by atoms with Crippen molar-refractivity contribution >= 4 is 38.6 Å². The first kappa shape index (κ1) is 29.1. The zero-order valence-electron chi connectivity index (χ0n) is 27.6. The SMILES string of the molecule is CC.c1ccc(-c2ccc(N3c4ccccc4C4(c5ccccc53)c3ccc5ccccc5c3Oc3c4ccc4ccccc34)cc2)cc1. The summed E-state index contributed by atoms with van der Waals surface area (Å²) < 4.78 is 7.11. The highest BCUT2D eigenvalue weighted by Crippen LogP contribution is 2.64. The van der Waals surface area contributed by atoms with Gasteiger partial charge in [0.25, 0.3) is 0 Å². The van der Waals surface area contributed by atoms with E-state index in [1.165, 1.54) is 44.4 Å². The quantitative estimate of drug-likeness (QED) is 0.189. The highest BCUT2D eigenvalue weighted by molar-refractivity contribution is 6.00. The fourth-order valence-corrected chi connectivity index (χ4v) is 8.08. The van der Waals surface area contributed by atoms with Crippen LogP contribution in [0.15, 0.2) is 176 Å². The van der Waals surface area contributed by atoms with Crippen molar-refractivity contribution in [1.82, 2.24) is 0 Å². The number of nitrogens with zero attached hydrogens (tertiary/aromatic N) is 1. The second kappa shape index (κ2) is 11.5. The van der Waals surface area contributed by atoms with E-state index < -0.39 is 5.41 Å². The molecule has 2 heterocycles. The topological polar surface area (TPSA) is 12.5 Å². The van der Waals surface area contributed by atoms with Gasteiger partial charge in [-0.2, -0.15) is 0 Å². The molecular formula is C47H35NO. The molecule has 0 radical (unpaired) electrons. The van der Waals surface area contributed by atoms with Crippen LogP contribution in [-0.4, -0.2) is 0 Å². The number of rotatable bonds is 2. The monoisotopic (exact) mass is 629 g/mol. The molecule has 0 unspecified atom stereocenters. The Bertz CT molecular complexity index is 2360. The molecule has 0 N–H and O–H groups in total. The zero-order chi connectivity index (χ0) is 33.0. The van der Waals surface area contributed by atoms with E-state index in [0.29, 0.717) is 0 Å². The number of hydrogen-bond acceptors (Lipinski definition) is 2. The van der Waals surface area contributed by atoms with Crippen molar-refractivity contribution in [3.05, 3.63) is 198 Å². The van der Waals surface area contributed by atoms with Gasteiger partial charge in [0.2, 0.25) is 0 Å². The lowest BCUT2D eigenvalue weighted by molar-refractivity contribution is 0.444. The number of hydrogen-bond donors (Lipinski definition) is 0. The van der Waals surface area contributed by atoms with E-state index in [1.807, 2.05) is 13.8 Å². The maximum Gasteiger partial charge on any atom is 0.140 e. The molecule has 2 nitrogen and oxygen atoms in total. The van der Waals surface area contributed by atoms with E-state index in [9.17, 15) is 0 Å². The Kier molecular flexibility index (Phi) is 6.84. The van der Waals surface area contributed by atoms with Crippen LogP contribution in [0.2, 0.25) is 0 Å². The van der Waals surface area contributed by atoms with Crippen molar-refractivity contribution in [2.24, 2.45) is 0 Å². The minimum Gasteiger partial charge on any atom is -0.455 e. The molecule has 0 saturated carbocycles. The Morgan fingerprint density at radius 3 is 1.39 bits per heavy atom. The molecule has 0 bridgehead atoms. The van der Waals surface area contributed by atoms with Gasteiger partial charge in [-0.05, 0) is 57.3 Å². The minimum absolute atomic E-state index is 0.607. The molecule has 2 aliphatic rings. The number of benzene rings is 8. The first-order valence-corrected chi connectivity index (χ1v) is 17.2. The van der Waals surface area contributed by atoms with Crippen molar-refractivity contribution in [2.75, 3.05) is 4.90 Å². The van der Waals surface area contributed by atoms with Gasteiger partial charge >= 0.3 is 0 Å². The highest BCUT2D eigenvalue weighted by Gasteiger charge is 2.51. The van der Waals surface area contributed by atoms with Crippen LogP contribution in [-0.2, 0) is 5.41 Å². The molecule has 2 heteroatoms. The lowest BCUT2D eigenvalue weighted by atomic mass is 9.60. The molecule has 8 aromatic rings. The summed E-state index contributed by atoms with van der Waals surface area (Å²) >= 11 is 0. The van der Waals surface area contributed by atoms with Gasteiger partial charge in [0.15, 0.2) is 0 Å². The normalized spacial score (nSPS) is 13.4. The fraction of sp³-hybridized carbons (Fsp3) is 0.0638. The van der Waals surface area contributed by atoms with Gasteiger partial charge in [0.1, 0.15) is 11.5 Å². The molecule has 2 aliphatic heterocycles. The van der Waals surface area contributed by atoms with E-state index >= 15 is 0 Å². The Hall–Kier alpha value is -6.12. The first-order chi connectivity index (χ1) is 24.3. The van der Waals surface area contributed by atoms with E-state index in [2.05, 4.69) is 181 Å². The second-order valence-corrected chi connectivity index (χ2v) is 12.5. The maximum atomic E-state index is 7.11. The molecule has 10 rings (SSSR count). The summed E-state index contributed by atoms with van der Waals surface area (Å²) in [7, 11) is 0. The Morgan fingerprint density at radius 1 is 0.388 bits per heavy atom. The number of anilines is 3. The summed E-state index contributed by atoms with van der Waals surface area (Å²) in [5.41, 5.74) is 10.1. The Labute approximate surface area is 287 Å². The fourth-order valence-electron chi connectivity index (χ4n) is 8.08. The molecule has 0 saturated heterocycles. The molecule has 0 aliphatic carbocycles. The van der Waals surface area contributed by atoms with Gasteiger partial charge in [0.05, 0.1) is 16.8 Å². The number of para-hydroxylation sites is 2. The Balaban J connectivity index is 0.00000160. The van der Waals surface area contributed by atoms with Crippen molar-refractivity contribution in [1.29, 1.82) is 0 Å². The van der Waals surface area contributed by atoms with Crippen molar-refractivity contribution in [3.8, 4) is 22.6 Å². The predicted molar refractivity (Wildman–Crippen MR) is 205 cm³/mol. The van der Waals surface area contributed by atoms with Crippen molar-refractivity contribution in [2.45, 2.75) is 19.3 Å². The average Bonchev–Trinajstić information content (AvgIpc) is 3.19. The summed E-state index contributed by atoms with van der Waals surface area (Å²) in [5, 5.41) is 4.58. The highest BCUT2D eigenvalue weighted by atomic mass is 16.5. The van der Waals surface area contributed by atoms with Crippen LogP contribution in [0.1, 0.15) is 36.1 Å². The molecule has 1 spiro atoms. The third kappa shape index (κ3) is 4.20. The summed E-state index contributed by atoms with van der Waals surface area (Å²) in [5.74, 6) is 1.86. The summed E-state index contributed by atoms with van der Waals surface area (Å²) in [6, 6.07) is 63.7. The average molecular weight is 630 g/mol. The third-order valence-corrected chi connectivity index (χ3v) is 10.1. The van der Waals surface area contributed by atoms with Crippen molar-refractivity contribution in [3.63, 3.8) is 0 Å². The lowest BCUT2D eigenvalue weighted by Crippen LogP contribution is -2.39. The van der Waals surface area contributed by atoms with Crippen LogP contribution < -0.4 is 9.64 Å². The summed E-state index contributed by atoms with van der Waals surface area (Å²) in [4.78, 5) is 2.43. The summed E-state index contributed by atoms with van der Waals surface area (Å²) in [6.45, 7) is 4.00. The van der Waals surface area contributed by atoms with Crippen LogP contribution in [0.3, 0.4) is 0 Å². The molecule has 0 fully saturated rings. The standard InChI is InChI=1S/C45H29NO.C2H6/c1-2-12-30(13-3-1)31-22-26-34(27-23-31)46-41-20-10-8-18-37(41)45(38-19-9-11-21-42(38)46)39-28-24-32-14-4-6-16-35(32)43(39)47-44-36-17-7-5-15-33(36)25-29-40(44)45;1-2/h1-29H;1-2H3.